The summed E-state index contributed by atoms with van der Waals surface area (Å²) in [6, 6.07) is 8.05. The lowest BCUT2D eigenvalue weighted by Gasteiger charge is -2.39. The first-order valence-electron chi connectivity index (χ1n) is 10.2. The molecule has 2 N–H and O–H groups in total. The molecule has 0 spiro atoms. The Bertz CT molecular complexity index is 1030. The van der Waals surface area contributed by atoms with Gasteiger partial charge in [-0.25, -0.2) is 10.4 Å². The van der Waals surface area contributed by atoms with Crippen molar-refractivity contribution in [1.82, 2.24) is 25.2 Å². The van der Waals surface area contributed by atoms with E-state index in [9.17, 15) is 4.79 Å². The van der Waals surface area contributed by atoms with Crippen LogP contribution in [0.25, 0.3) is 11.0 Å². The number of nitrogens with zero attached hydrogens (tertiary/aromatic N) is 4. The first-order chi connectivity index (χ1) is 13.8. The van der Waals surface area contributed by atoms with Gasteiger partial charge in [-0.3, -0.25) is 9.48 Å². The van der Waals surface area contributed by atoms with Crippen molar-refractivity contribution in [3.05, 3.63) is 48.0 Å². The Hall–Kier alpha value is -2.96. The normalized spacial score (nSPS) is 23.8. The number of para-hydroxylation sites is 2. The molecule has 0 bridgehead atoms. The number of imidazole rings is 1. The molecule has 1 aliphatic carbocycles. The number of H-pyrrole nitrogens is 1. The van der Waals surface area contributed by atoms with Gasteiger partial charge in [0.15, 0.2) is 0 Å². The molecule has 1 aliphatic rings. The molecule has 0 aliphatic heterocycles. The molecule has 1 aromatic carbocycles. The molecule has 152 valence electrons. The van der Waals surface area contributed by atoms with E-state index in [2.05, 4.69) is 34.5 Å². The van der Waals surface area contributed by atoms with Crippen LogP contribution < -0.4 is 5.43 Å². The quantitative estimate of drug-likeness (QED) is 0.511. The molecule has 29 heavy (non-hydrogen) atoms. The highest BCUT2D eigenvalue weighted by Gasteiger charge is 2.57. The molecule has 7 nitrogen and oxygen atoms in total. The number of carbonyl (C=O) groups is 1. The molecule has 2 heterocycles. The molecule has 3 aromatic rings. The zero-order valence-electron chi connectivity index (χ0n) is 17.4. The SMILES string of the molecule is CCn1cc(/C=N\NC(=O)[C@]2(C)CC[C@@H](c3nc4ccccc4[nH]3)C2(C)C)cn1. The predicted molar refractivity (Wildman–Crippen MR) is 114 cm³/mol. The van der Waals surface area contributed by atoms with Crippen LogP contribution in [0.15, 0.2) is 41.8 Å². The lowest BCUT2D eigenvalue weighted by Crippen LogP contribution is -2.45. The zero-order chi connectivity index (χ0) is 20.6. The Kier molecular flexibility index (Phi) is 4.76. The molecule has 0 unspecified atom stereocenters. The second-order valence-electron chi connectivity index (χ2n) is 8.61. The van der Waals surface area contributed by atoms with E-state index in [4.69, 9.17) is 4.98 Å². The van der Waals surface area contributed by atoms with Crippen molar-refractivity contribution in [3.8, 4) is 0 Å². The van der Waals surface area contributed by atoms with Crippen molar-refractivity contribution < 1.29 is 4.79 Å². The number of hydrazone groups is 1. The standard InChI is InChI=1S/C22H28N6O/c1-5-28-14-15(13-24-28)12-23-27-20(29)22(4)11-10-16(21(22,2)3)19-25-17-8-6-7-9-18(17)26-19/h6-9,12-14,16H,5,10-11H2,1-4H3,(H,25,26)(H,27,29)/b23-12-/t16-,22-/m0/s1. The number of nitrogens with one attached hydrogen (secondary N) is 2. The van der Waals surface area contributed by atoms with Crippen LogP contribution in [0.3, 0.4) is 0 Å². The molecule has 2 atom stereocenters. The highest BCUT2D eigenvalue weighted by Crippen LogP contribution is 2.59. The topological polar surface area (TPSA) is 88.0 Å². The molecule has 0 saturated heterocycles. The molecule has 0 radical (unpaired) electrons. The second-order valence-corrected chi connectivity index (χ2v) is 8.61. The van der Waals surface area contributed by atoms with Gasteiger partial charge in [0.2, 0.25) is 5.91 Å². The van der Waals surface area contributed by atoms with Gasteiger partial charge in [0.05, 0.1) is 28.9 Å². The van der Waals surface area contributed by atoms with Gasteiger partial charge in [0.1, 0.15) is 5.82 Å². The number of aromatic amines is 1. The maximum absolute atomic E-state index is 13.1. The second kappa shape index (κ2) is 7.13. The number of hydrogen-bond acceptors (Lipinski definition) is 4. The Morgan fingerprint density at radius 3 is 2.90 bits per heavy atom. The van der Waals surface area contributed by atoms with Crippen molar-refractivity contribution in [3.63, 3.8) is 0 Å². The molecule has 1 amide bonds. The van der Waals surface area contributed by atoms with Crippen LogP contribution in [0.4, 0.5) is 0 Å². The minimum atomic E-state index is -0.540. The number of amides is 1. The third kappa shape index (κ3) is 3.24. The number of hydrogen-bond donors (Lipinski definition) is 2. The predicted octanol–water partition coefficient (Wildman–Crippen LogP) is 3.84. The number of rotatable bonds is 5. The summed E-state index contributed by atoms with van der Waals surface area (Å²) in [5, 5.41) is 8.39. The number of benzene rings is 1. The maximum atomic E-state index is 13.1. The average Bonchev–Trinajstić information content (AvgIpc) is 3.38. The smallest absolute Gasteiger partial charge is 0.246 e. The Morgan fingerprint density at radius 2 is 2.17 bits per heavy atom. The number of aromatic nitrogens is 4. The maximum Gasteiger partial charge on any atom is 0.246 e. The molecule has 2 aromatic heterocycles. The van der Waals surface area contributed by atoms with Crippen LogP contribution in [0.2, 0.25) is 0 Å². The van der Waals surface area contributed by atoms with Crippen molar-refractivity contribution in [1.29, 1.82) is 0 Å². The van der Waals surface area contributed by atoms with E-state index in [-0.39, 0.29) is 17.2 Å². The third-order valence-corrected chi connectivity index (χ3v) is 6.82. The summed E-state index contributed by atoms with van der Waals surface area (Å²) >= 11 is 0. The summed E-state index contributed by atoms with van der Waals surface area (Å²) in [7, 11) is 0. The molecule has 1 fully saturated rings. The van der Waals surface area contributed by atoms with Gasteiger partial charge in [-0.1, -0.05) is 32.9 Å². The Morgan fingerprint density at radius 1 is 1.38 bits per heavy atom. The highest BCUT2D eigenvalue weighted by atomic mass is 16.2. The summed E-state index contributed by atoms with van der Waals surface area (Å²) in [6.45, 7) is 9.18. The number of carbonyl (C=O) groups excluding carboxylic acids is 1. The van der Waals surface area contributed by atoms with Crippen molar-refractivity contribution >= 4 is 23.2 Å². The van der Waals surface area contributed by atoms with Gasteiger partial charge in [-0.05, 0) is 37.3 Å². The number of fused-ring (bicyclic) bond motifs is 1. The minimum absolute atomic E-state index is 0.0553. The zero-order valence-corrected chi connectivity index (χ0v) is 17.4. The fourth-order valence-corrected chi connectivity index (χ4v) is 4.43. The fourth-order valence-electron chi connectivity index (χ4n) is 4.43. The summed E-state index contributed by atoms with van der Waals surface area (Å²) in [5.41, 5.74) is 4.81. The lowest BCUT2D eigenvalue weighted by molar-refractivity contribution is -0.135. The van der Waals surface area contributed by atoms with Crippen molar-refractivity contribution in [2.45, 2.75) is 53.0 Å². The van der Waals surface area contributed by atoms with Crippen LogP contribution in [0, 0.1) is 10.8 Å². The van der Waals surface area contributed by atoms with Crippen LogP contribution in [0.5, 0.6) is 0 Å². The third-order valence-electron chi connectivity index (χ3n) is 6.82. The molecular formula is C22H28N6O. The largest absolute Gasteiger partial charge is 0.342 e. The van der Waals surface area contributed by atoms with Gasteiger partial charge < -0.3 is 4.98 Å². The molecular weight excluding hydrogens is 364 g/mol. The van der Waals surface area contributed by atoms with Gasteiger partial charge in [-0.15, -0.1) is 0 Å². The summed E-state index contributed by atoms with van der Waals surface area (Å²) in [6.07, 6.45) is 6.96. The average molecular weight is 393 g/mol. The molecule has 4 rings (SSSR count). The van der Waals surface area contributed by atoms with Crippen LogP contribution in [-0.4, -0.2) is 31.9 Å². The van der Waals surface area contributed by atoms with Gasteiger partial charge in [-0.2, -0.15) is 10.2 Å². The highest BCUT2D eigenvalue weighted by molar-refractivity contribution is 5.86. The first kappa shape index (κ1) is 19.4. The van der Waals surface area contributed by atoms with E-state index in [0.29, 0.717) is 0 Å². The van der Waals surface area contributed by atoms with Crippen molar-refractivity contribution in [2.24, 2.45) is 15.9 Å². The van der Waals surface area contributed by atoms with E-state index >= 15 is 0 Å². The van der Waals surface area contributed by atoms with E-state index in [1.54, 1.807) is 12.4 Å². The Labute approximate surface area is 170 Å². The lowest BCUT2D eigenvalue weighted by atomic mass is 9.65. The monoisotopic (exact) mass is 392 g/mol. The van der Waals surface area contributed by atoms with Crippen LogP contribution in [-0.2, 0) is 11.3 Å². The molecule has 1 saturated carbocycles. The van der Waals surface area contributed by atoms with Gasteiger partial charge in [0.25, 0.3) is 0 Å². The molecule has 7 heteroatoms. The van der Waals surface area contributed by atoms with E-state index < -0.39 is 5.41 Å². The van der Waals surface area contributed by atoms with Crippen LogP contribution >= 0.6 is 0 Å². The first-order valence-corrected chi connectivity index (χ1v) is 10.2. The van der Waals surface area contributed by atoms with E-state index in [1.165, 1.54) is 0 Å². The van der Waals surface area contributed by atoms with Gasteiger partial charge in [0, 0.05) is 24.2 Å². The minimum Gasteiger partial charge on any atom is -0.342 e. The van der Waals surface area contributed by atoms with E-state index in [0.717, 1.165) is 41.8 Å². The fraction of sp³-hybridized carbons (Fsp3) is 0.455. The summed E-state index contributed by atoms with van der Waals surface area (Å²) < 4.78 is 1.82. The van der Waals surface area contributed by atoms with Gasteiger partial charge >= 0.3 is 0 Å². The summed E-state index contributed by atoms with van der Waals surface area (Å²) in [4.78, 5) is 21.4. The van der Waals surface area contributed by atoms with E-state index in [1.807, 2.05) is 49.0 Å². The summed E-state index contributed by atoms with van der Waals surface area (Å²) in [5.74, 6) is 1.08. The Balaban J connectivity index is 1.51. The number of aryl methyl sites for hydroxylation is 1. The van der Waals surface area contributed by atoms with Crippen molar-refractivity contribution in [2.75, 3.05) is 0 Å². The van der Waals surface area contributed by atoms with Crippen LogP contribution in [0.1, 0.15) is 57.8 Å².